The van der Waals surface area contributed by atoms with Crippen molar-refractivity contribution >= 4 is 21.9 Å². The SMILES string of the molecule is CCN(c1ncc(Br)cn1)C1CCC(N)CC1. The predicted octanol–water partition coefficient (Wildman–Crippen LogP) is 2.34. The molecule has 5 heteroatoms. The first-order valence-electron chi connectivity index (χ1n) is 6.20. The third-order valence-corrected chi connectivity index (χ3v) is 3.80. The fourth-order valence-corrected chi connectivity index (χ4v) is 2.63. The molecule has 0 unspecified atom stereocenters. The number of aromatic nitrogens is 2. The topological polar surface area (TPSA) is 55.0 Å². The zero-order valence-corrected chi connectivity index (χ0v) is 11.7. The Kier molecular flexibility index (Phi) is 4.34. The normalized spacial score (nSPS) is 24.6. The summed E-state index contributed by atoms with van der Waals surface area (Å²) in [6, 6.07) is 0.928. The Balaban J connectivity index is 2.08. The zero-order valence-electron chi connectivity index (χ0n) is 10.1. The van der Waals surface area contributed by atoms with Crippen molar-refractivity contribution in [3.63, 3.8) is 0 Å². The summed E-state index contributed by atoms with van der Waals surface area (Å²) in [6.07, 6.45) is 8.12. The smallest absolute Gasteiger partial charge is 0.225 e. The van der Waals surface area contributed by atoms with Crippen LogP contribution in [0.1, 0.15) is 32.6 Å². The Morgan fingerprint density at radius 2 is 1.88 bits per heavy atom. The van der Waals surface area contributed by atoms with E-state index < -0.39 is 0 Å². The Labute approximate surface area is 111 Å². The molecule has 2 N–H and O–H groups in total. The van der Waals surface area contributed by atoms with E-state index in [9.17, 15) is 0 Å². The fourth-order valence-electron chi connectivity index (χ4n) is 2.43. The Morgan fingerprint density at radius 1 is 1.29 bits per heavy atom. The summed E-state index contributed by atoms with van der Waals surface area (Å²) in [5.74, 6) is 0.830. The molecule has 0 spiro atoms. The lowest BCUT2D eigenvalue weighted by molar-refractivity contribution is 0.375. The Morgan fingerprint density at radius 3 is 2.41 bits per heavy atom. The van der Waals surface area contributed by atoms with Crippen LogP contribution < -0.4 is 10.6 Å². The van der Waals surface area contributed by atoms with Gasteiger partial charge in [-0.1, -0.05) is 0 Å². The lowest BCUT2D eigenvalue weighted by Crippen LogP contribution is -2.41. The van der Waals surface area contributed by atoms with Crippen LogP contribution in [0.3, 0.4) is 0 Å². The molecular weight excluding hydrogens is 280 g/mol. The predicted molar refractivity (Wildman–Crippen MR) is 73.0 cm³/mol. The maximum atomic E-state index is 5.94. The molecule has 4 nitrogen and oxygen atoms in total. The minimum Gasteiger partial charge on any atom is -0.338 e. The summed E-state index contributed by atoms with van der Waals surface area (Å²) in [4.78, 5) is 11.1. The monoisotopic (exact) mass is 298 g/mol. The summed E-state index contributed by atoms with van der Waals surface area (Å²) in [7, 11) is 0. The van der Waals surface area contributed by atoms with Crippen molar-refractivity contribution in [1.82, 2.24) is 9.97 Å². The second kappa shape index (κ2) is 5.78. The molecule has 1 aliphatic carbocycles. The summed E-state index contributed by atoms with van der Waals surface area (Å²) < 4.78 is 0.919. The van der Waals surface area contributed by atoms with Gasteiger partial charge in [-0.25, -0.2) is 9.97 Å². The largest absolute Gasteiger partial charge is 0.338 e. The van der Waals surface area contributed by atoms with Gasteiger partial charge in [-0.3, -0.25) is 0 Å². The first kappa shape index (κ1) is 12.8. The van der Waals surface area contributed by atoms with Crippen LogP contribution in [0.2, 0.25) is 0 Å². The van der Waals surface area contributed by atoms with Crippen molar-refractivity contribution in [2.24, 2.45) is 5.73 Å². The fraction of sp³-hybridized carbons (Fsp3) is 0.667. The summed E-state index contributed by atoms with van der Waals surface area (Å²) >= 11 is 3.36. The van der Waals surface area contributed by atoms with Crippen LogP contribution in [0.15, 0.2) is 16.9 Å². The maximum absolute atomic E-state index is 5.94. The van der Waals surface area contributed by atoms with Gasteiger partial charge in [0.2, 0.25) is 5.95 Å². The van der Waals surface area contributed by atoms with E-state index in [4.69, 9.17) is 5.73 Å². The molecule has 1 aromatic heterocycles. The van der Waals surface area contributed by atoms with Crippen LogP contribution in [0.4, 0.5) is 5.95 Å². The highest BCUT2D eigenvalue weighted by molar-refractivity contribution is 9.10. The highest BCUT2D eigenvalue weighted by Gasteiger charge is 2.24. The molecule has 0 atom stereocenters. The van der Waals surface area contributed by atoms with Crippen LogP contribution in [-0.2, 0) is 0 Å². The first-order valence-corrected chi connectivity index (χ1v) is 6.99. The van der Waals surface area contributed by atoms with Crippen LogP contribution in [0.5, 0.6) is 0 Å². The van der Waals surface area contributed by atoms with E-state index in [2.05, 4.69) is 37.7 Å². The van der Waals surface area contributed by atoms with Gasteiger partial charge in [-0.15, -0.1) is 0 Å². The molecular formula is C12H19BrN4. The lowest BCUT2D eigenvalue weighted by Gasteiger charge is -2.35. The average Bonchev–Trinajstić information content (AvgIpc) is 2.35. The van der Waals surface area contributed by atoms with Gasteiger partial charge < -0.3 is 10.6 Å². The second-order valence-electron chi connectivity index (χ2n) is 4.56. The van der Waals surface area contributed by atoms with Crippen molar-refractivity contribution in [3.8, 4) is 0 Å². The molecule has 1 aliphatic rings. The molecule has 17 heavy (non-hydrogen) atoms. The second-order valence-corrected chi connectivity index (χ2v) is 5.47. The van der Waals surface area contributed by atoms with E-state index in [1.54, 1.807) is 12.4 Å². The van der Waals surface area contributed by atoms with Gasteiger partial charge in [-0.05, 0) is 48.5 Å². The van der Waals surface area contributed by atoms with Gasteiger partial charge in [0.1, 0.15) is 0 Å². The van der Waals surface area contributed by atoms with Gasteiger partial charge >= 0.3 is 0 Å². The zero-order chi connectivity index (χ0) is 12.3. The molecule has 0 bridgehead atoms. The van der Waals surface area contributed by atoms with Crippen molar-refractivity contribution < 1.29 is 0 Å². The molecule has 1 saturated carbocycles. The number of halogens is 1. The van der Waals surface area contributed by atoms with Crippen molar-refractivity contribution in [3.05, 3.63) is 16.9 Å². The minimum absolute atomic E-state index is 0.385. The summed E-state index contributed by atoms with van der Waals surface area (Å²) in [5, 5.41) is 0. The Bertz CT molecular complexity index is 346. The molecule has 0 radical (unpaired) electrons. The van der Waals surface area contributed by atoms with Gasteiger partial charge in [-0.2, -0.15) is 0 Å². The quantitative estimate of drug-likeness (QED) is 0.930. The van der Waals surface area contributed by atoms with E-state index in [1.807, 2.05) is 0 Å². The van der Waals surface area contributed by atoms with Crippen LogP contribution in [0, 0.1) is 0 Å². The number of anilines is 1. The van der Waals surface area contributed by atoms with Crippen molar-refractivity contribution in [2.75, 3.05) is 11.4 Å². The van der Waals surface area contributed by atoms with E-state index in [1.165, 1.54) is 0 Å². The number of hydrogen-bond acceptors (Lipinski definition) is 4. The highest BCUT2D eigenvalue weighted by atomic mass is 79.9. The van der Waals surface area contributed by atoms with E-state index >= 15 is 0 Å². The molecule has 94 valence electrons. The van der Waals surface area contributed by atoms with Crippen molar-refractivity contribution in [2.45, 2.75) is 44.7 Å². The Hall–Kier alpha value is -0.680. The summed E-state index contributed by atoms with van der Waals surface area (Å²) in [6.45, 7) is 3.10. The van der Waals surface area contributed by atoms with Gasteiger partial charge in [0, 0.05) is 31.0 Å². The first-order chi connectivity index (χ1) is 8.20. The summed E-state index contributed by atoms with van der Waals surface area (Å²) in [5.41, 5.74) is 5.94. The van der Waals surface area contributed by atoms with Crippen LogP contribution in [-0.4, -0.2) is 28.6 Å². The standard InChI is InChI=1S/C12H19BrN4/c1-2-17(11-5-3-10(14)4-6-11)12-15-7-9(13)8-16-12/h7-8,10-11H,2-6,14H2,1H3. The molecule has 1 fully saturated rings. The highest BCUT2D eigenvalue weighted by Crippen LogP contribution is 2.24. The van der Waals surface area contributed by atoms with Crippen LogP contribution >= 0.6 is 15.9 Å². The molecule has 2 rings (SSSR count). The molecule has 0 aromatic carbocycles. The maximum Gasteiger partial charge on any atom is 0.225 e. The third kappa shape index (κ3) is 3.16. The average molecular weight is 299 g/mol. The van der Waals surface area contributed by atoms with Gasteiger partial charge in [0.15, 0.2) is 0 Å². The van der Waals surface area contributed by atoms with Crippen LogP contribution in [0.25, 0.3) is 0 Å². The lowest BCUT2D eigenvalue weighted by atomic mass is 9.91. The molecule has 1 aromatic rings. The van der Waals surface area contributed by atoms with Gasteiger partial charge in [0.25, 0.3) is 0 Å². The number of hydrogen-bond donors (Lipinski definition) is 1. The molecule has 0 saturated heterocycles. The number of nitrogens with zero attached hydrogens (tertiary/aromatic N) is 3. The van der Waals surface area contributed by atoms with Gasteiger partial charge in [0.05, 0.1) is 4.47 Å². The molecule has 0 amide bonds. The van der Waals surface area contributed by atoms with Crippen molar-refractivity contribution in [1.29, 1.82) is 0 Å². The van der Waals surface area contributed by atoms with E-state index in [-0.39, 0.29) is 0 Å². The van der Waals surface area contributed by atoms with E-state index in [0.717, 1.165) is 42.6 Å². The molecule has 1 heterocycles. The van der Waals surface area contributed by atoms with E-state index in [0.29, 0.717) is 12.1 Å². The number of nitrogens with two attached hydrogens (primary N) is 1. The number of rotatable bonds is 3. The minimum atomic E-state index is 0.385. The molecule has 0 aliphatic heterocycles. The third-order valence-electron chi connectivity index (χ3n) is 3.39.